The fourth-order valence-corrected chi connectivity index (χ4v) is 8.58. The van der Waals surface area contributed by atoms with Crippen molar-refractivity contribution in [2.45, 2.75) is 64.2 Å². The normalized spacial score (nSPS) is 28.9. The lowest BCUT2D eigenvalue weighted by Crippen LogP contribution is -2.60. The van der Waals surface area contributed by atoms with Crippen molar-refractivity contribution < 1.29 is 19.5 Å². The van der Waals surface area contributed by atoms with Crippen LogP contribution in [0.4, 0.5) is 5.69 Å². The number of nitrogens with zero attached hydrogens (tertiary/aromatic N) is 1. The molecule has 218 valence electrons. The molecule has 4 saturated carbocycles. The Balaban J connectivity index is 1.07. The van der Waals surface area contributed by atoms with Crippen molar-refractivity contribution >= 4 is 23.4 Å². The van der Waals surface area contributed by atoms with Crippen LogP contribution in [0.25, 0.3) is 0 Å². The van der Waals surface area contributed by atoms with E-state index in [1.807, 2.05) is 35.2 Å². The third kappa shape index (κ3) is 5.78. The molecule has 2 aromatic carbocycles. The topological polar surface area (TPSA) is 98.7 Å². The average molecular weight is 558 g/mol. The monoisotopic (exact) mass is 557 g/mol. The Kier molecular flexibility index (Phi) is 7.90. The quantitative estimate of drug-likeness (QED) is 0.386. The Bertz CT molecular complexity index is 1240. The van der Waals surface area contributed by atoms with Gasteiger partial charge < -0.3 is 20.6 Å². The average Bonchev–Trinajstić information content (AvgIpc) is 2.99. The van der Waals surface area contributed by atoms with Crippen molar-refractivity contribution in [1.29, 1.82) is 0 Å². The van der Waals surface area contributed by atoms with Gasteiger partial charge in [0.1, 0.15) is 0 Å². The first kappa shape index (κ1) is 28.0. The molecule has 3 amide bonds. The van der Waals surface area contributed by atoms with Crippen LogP contribution >= 0.6 is 0 Å². The summed E-state index contributed by atoms with van der Waals surface area (Å²) < 4.78 is 0. The molecule has 4 aliphatic carbocycles. The molecule has 7 heteroatoms. The third-order valence-corrected chi connectivity index (χ3v) is 10.3. The van der Waals surface area contributed by atoms with Gasteiger partial charge in [-0.15, -0.1) is 0 Å². The molecule has 1 heterocycles. The van der Waals surface area contributed by atoms with E-state index >= 15 is 0 Å². The van der Waals surface area contributed by atoms with Crippen LogP contribution in [-0.4, -0.2) is 54.0 Å². The molecule has 0 radical (unpaired) electrons. The maximum absolute atomic E-state index is 13.8. The molecule has 41 heavy (non-hydrogen) atoms. The summed E-state index contributed by atoms with van der Waals surface area (Å²) in [5.74, 6) is 1.29. The number of carbonyl (C=O) groups excluding carboxylic acids is 3. The molecule has 4 bridgehead atoms. The summed E-state index contributed by atoms with van der Waals surface area (Å²) in [7, 11) is 0. The lowest BCUT2D eigenvalue weighted by atomic mass is 9.43. The summed E-state index contributed by atoms with van der Waals surface area (Å²) in [5, 5.41) is 15.8. The highest BCUT2D eigenvalue weighted by atomic mass is 16.3. The van der Waals surface area contributed by atoms with Gasteiger partial charge in [0.2, 0.25) is 11.8 Å². The zero-order valence-corrected chi connectivity index (χ0v) is 23.9. The fourth-order valence-electron chi connectivity index (χ4n) is 8.58. The van der Waals surface area contributed by atoms with E-state index in [0.29, 0.717) is 49.1 Å². The molecular formula is C34H43N3O4. The molecule has 0 aromatic heterocycles. The number of anilines is 1. The van der Waals surface area contributed by atoms with Gasteiger partial charge in [0.15, 0.2) is 0 Å². The van der Waals surface area contributed by atoms with Gasteiger partial charge in [-0.3, -0.25) is 14.4 Å². The van der Waals surface area contributed by atoms with E-state index in [4.69, 9.17) is 0 Å². The summed E-state index contributed by atoms with van der Waals surface area (Å²) in [6.07, 6.45) is 8.78. The number of hydrogen-bond acceptors (Lipinski definition) is 4. The molecular weight excluding hydrogens is 514 g/mol. The Labute approximate surface area is 243 Å². The van der Waals surface area contributed by atoms with Gasteiger partial charge in [0.25, 0.3) is 5.91 Å². The smallest absolute Gasteiger partial charge is 0.253 e. The maximum Gasteiger partial charge on any atom is 0.253 e. The first-order valence-electron chi connectivity index (χ1n) is 15.5. The van der Waals surface area contributed by atoms with E-state index in [2.05, 4.69) is 22.8 Å². The van der Waals surface area contributed by atoms with Crippen LogP contribution in [0.15, 0.2) is 54.6 Å². The van der Waals surface area contributed by atoms with E-state index in [1.165, 1.54) is 5.56 Å². The Morgan fingerprint density at radius 1 is 0.854 bits per heavy atom. The van der Waals surface area contributed by atoms with E-state index in [-0.39, 0.29) is 30.2 Å². The van der Waals surface area contributed by atoms with Crippen LogP contribution < -0.4 is 10.6 Å². The predicted molar refractivity (Wildman–Crippen MR) is 158 cm³/mol. The van der Waals surface area contributed by atoms with E-state index < -0.39 is 10.8 Å². The molecule has 5 fully saturated rings. The summed E-state index contributed by atoms with van der Waals surface area (Å²) in [6, 6.07) is 17.6. The van der Waals surface area contributed by atoms with Crippen LogP contribution in [-0.2, 0) is 16.0 Å². The van der Waals surface area contributed by atoms with Crippen LogP contribution in [0.2, 0.25) is 0 Å². The molecule has 0 spiro atoms. The number of carbonyl (C=O) groups is 3. The minimum Gasteiger partial charge on any atom is -0.396 e. The van der Waals surface area contributed by atoms with Gasteiger partial charge in [-0.05, 0) is 112 Å². The SMILES string of the molecule is O=C(c1ccc(NC(=O)C23CC4CC(CC(C(=O)NCCCc5ccccc5)(C4)C2)C3)cc1)N1CCC(CO)CC1. The van der Waals surface area contributed by atoms with Crippen molar-refractivity contribution in [3.8, 4) is 0 Å². The predicted octanol–water partition coefficient (Wildman–Crippen LogP) is 4.81. The number of nitrogens with one attached hydrogen (secondary N) is 2. The highest BCUT2D eigenvalue weighted by Gasteiger charge is 2.63. The van der Waals surface area contributed by atoms with Gasteiger partial charge in [0, 0.05) is 37.5 Å². The van der Waals surface area contributed by atoms with Crippen LogP contribution in [0, 0.1) is 28.6 Å². The Hall–Kier alpha value is -3.19. The summed E-state index contributed by atoms with van der Waals surface area (Å²) in [6.45, 7) is 2.17. The molecule has 7 rings (SSSR count). The third-order valence-electron chi connectivity index (χ3n) is 10.3. The summed E-state index contributed by atoms with van der Waals surface area (Å²) >= 11 is 0. The number of amides is 3. The second-order valence-electron chi connectivity index (χ2n) is 13.3. The van der Waals surface area contributed by atoms with Crippen LogP contribution in [0.3, 0.4) is 0 Å². The lowest BCUT2D eigenvalue weighted by molar-refractivity contribution is -0.164. The van der Waals surface area contributed by atoms with Gasteiger partial charge in [-0.25, -0.2) is 0 Å². The molecule has 5 aliphatic rings. The van der Waals surface area contributed by atoms with Gasteiger partial charge in [-0.1, -0.05) is 30.3 Å². The van der Waals surface area contributed by atoms with E-state index in [1.54, 1.807) is 12.1 Å². The second-order valence-corrected chi connectivity index (χ2v) is 13.3. The standard InChI is InChI=1S/C34H43N3O4/c38-22-25-12-15-37(16-13-25)30(39)28-8-10-29(11-9-28)36-32(41)34-20-26-17-27(21-34)19-33(18-26,23-34)31(40)35-14-4-7-24-5-2-1-3-6-24/h1-3,5-6,8-11,25-27,38H,4,7,12-23H2,(H,35,40)(H,36,41). The van der Waals surface area contributed by atoms with Crippen molar-refractivity contribution in [2.75, 3.05) is 31.6 Å². The minimum absolute atomic E-state index is 0.00271. The summed E-state index contributed by atoms with van der Waals surface area (Å²) in [4.78, 5) is 42.3. The molecule has 7 nitrogen and oxygen atoms in total. The fraction of sp³-hybridized carbons (Fsp3) is 0.559. The van der Waals surface area contributed by atoms with E-state index in [0.717, 1.165) is 57.8 Å². The highest BCUT2D eigenvalue weighted by molar-refractivity contribution is 5.98. The van der Waals surface area contributed by atoms with Gasteiger partial charge in [-0.2, -0.15) is 0 Å². The zero-order chi connectivity index (χ0) is 28.5. The number of aryl methyl sites for hydroxylation is 1. The van der Waals surface area contributed by atoms with Crippen LogP contribution in [0.5, 0.6) is 0 Å². The highest BCUT2D eigenvalue weighted by Crippen LogP contribution is 2.65. The molecule has 2 atom stereocenters. The summed E-state index contributed by atoms with van der Waals surface area (Å²) in [5.41, 5.74) is 1.65. The van der Waals surface area contributed by atoms with Crippen molar-refractivity contribution in [3.63, 3.8) is 0 Å². The Morgan fingerprint density at radius 3 is 2.12 bits per heavy atom. The number of aliphatic hydroxyl groups is 1. The Morgan fingerprint density at radius 2 is 1.49 bits per heavy atom. The molecule has 1 aliphatic heterocycles. The first-order valence-corrected chi connectivity index (χ1v) is 15.5. The van der Waals surface area contributed by atoms with Crippen molar-refractivity contribution in [3.05, 3.63) is 65.7 Å². The molecule has 2 unspecified atom stereocenters. The lowest BCUT2D eigenvalue weighted by Gasteiger charge is -2.60. The van der Waals surface area contributed by atoms with Crippen molar-refractivity contribution in [2.24, 2.45) is 28.6 Å². The molecule has 1 saturated heterocycles. The molecule has 2 aromatic rings. The largest absolute Gasteiger partial charge is 0.396 e. The minimum atomic E-state index is -0.503. The maximum atomic E-state index is 13.8. The number of rotatable bonds is 9. The first-order chi connectivity index (χ1) is 19.9. The van der Waals surface area contributed by atoms with Crippen LogP contribution in [0.1, 0.15) is 73.7 Å². The van der Waals surface area contributed by atoms with Gasteiger partial charge >= 0.3 is 0 Å². The number of aliphatic hydroxyl groups excluding tert-OH is 1. The molecule has 3 N–H and O–H groups in total. The van der Waals surface area contributed by atoms with E-state index in [9.17, 15) is 19.5 Å². The van der Waals surface area contributed by atoms with Crippen molar-refractivity contribution in [1.82, 2.24) is 10.2 Å². The number of hydrogen-bond donors (Lipinski definition) is 3. The number of piperidine rings is 1. The second kappa shape index (κ2) is 11.6. The van der Waals surface area contributed by atoms with Gasteiger partial charge in [0.05, 0.1) is 10.8 Å². The number of likely N-dealkylation sites (tertiary alicyclic amines) is 1. The number of benzene rings is 2. The zero-order valence-electron chi connectivity index (χ0n) is 23.9.